The summed E-state index contributed by atoms with van der Waals surface area (Å²) in [5.74, 6) is -0.382. The summed E-state index contributed by atoms with van der Waals surface area (Å²) in [5, 5.41) is 23.7. The molecule has 5 aromatic rings. The highest BCUT2D eigenvalue weighted by molar-refractivity contribution is 6.31. The fourth-order valence-electron chi connectivity index (χ4n) is 3.91. The standard InChI is InChI=1S/C24H16ClN5O3/c1-12-7-8-14(9-18(12)25)30-24(33)16(22(31)28-30)10-15-13(2)17(11-26)21-27-19-5-3-4-6-20(19)29(21)23(15)32/h3-10,33H,1-2H3,(H,28,31)/b15-10+. The van der Waals surface area contributed by atoms with Crippen LogP contribution in [0.1, 0.15) is 22.3 Å². The van der Waals surface area contributed by atoms with E-state index in [1.54, 1.807) is 49.4 Å². The topological polar surface area (TPSA) is 116 Å². The van der Waals surface area contributed by atoms with E-state index in [-0.39, 0.29) is 27.9 Å². The van der Waals surface area contributed by atoms with E-state index in [0.29, 0.717) is 27.3 Å². The zero-order valence-corrected chi connectivity index (χ0v) is 18.3. The number of hydrogen-bond donors (Lipinski definition) is 2. The number of aromatic nitrogens is 4. The summed E-state index contributed by atoms with van der Waals surface area (Å²) >= 11 is 6.18. The lowest BCUT2D eigenvalue weighted by Gasteiger charge is -2.06. The van der Waals surface area contributed by atoms with E-state index in [4.69, 9.17) is 11.6 Å². The highest BCUT2D eigenvalue weighted by Crippen LogP contribution is 2.24. The number of aromatic hydroxyl groups is 1. The van der Waals surface area contributed by atoms with Crippen molar-refractivity contribution in [2.45, 2.75) is 13.8 Å². The predicted molar refractivity (Wildman–Crippen MR) is 125 cm³/mol. The number of hydrogen-bond acceptors (Lipinski definition) is 5. The Labute approximate surface area is 191 Å². The molecule has 3 heterocycles. The first-order valence-corrected chi connectivity index (χ1v) is 10.4. The molecule has 5 rings (SSSR count). The molecule has 8 nitrogen and oxygen atoms in total. The molecule has 0 saturated carbocycles. The van der Waals surface area contributed by atoms with Crippen LogP contribution in [0, 0.1) is 25.2 Å². The molecule has 0 aliphatic heterocycles. The number of aromatic amines is 1. The van der Waals surface area contributed by atoms with Crippen molar-refractivity contribution in [3.05, 3.63) is 95.7 Å². The van der Waals surface area contributed by atoms with Gasteiger partial charge in [-0.3, -0.25) is 19.1 Å². The molecule has 0 atom stereocenters. The van der Waals surface area contributed by atoms with E-state index in [1.165, 1.54) is 15.2 Å². The molecule has 0 fully saturated rings. The normalized spacial score (nSPS) is 12.0. The van der Waals surface area contributed by atoms with Gasteiger partial charge in [0.1, 0.15) is 11.6 Å². The maximum Gasteiger partial charge on any atom is 0.275 e. The summed E-state index contributed by atoms with van der Waals surface area (Å²) in [6.07, 6.45) is 1.30. The van der Waals surface area contributed by atoms with Crippen LogP contribution in [0.25, 0.3) is 28.4 Å². The average Bonchev–Trinajstić information content (AvgIpc) is 3.31. The van der Waals surface area contributed by atoms with Crippen molar-refractivity contribution in [1.29, 1.82) is 5.26 Å². The second-order valence-corrected chi connectivity index (χ2v) is 8.09. The van der Waals surface area contributed by atoms with Crippen molar-refractivity contribution >= 4 is 34.4 Å². The van der Waals surface area contributed by atoms with Gasteiger partial charge in [0.2, 0.25) is 5.88 Å². The number of benzene rings is 2. The summed E-state index contributed by atoms with van der Waals surface area (Å²) in [5.41, 5.74) is 2.11. The molecule has 2 aromatic carbocycles. The quantitative estimate of drug-likeness (QED) is 0.423. The molecule has 0 spiro atoms. The molecule has 0 aliphatic carbocycles. The first-order valence-electron chi connectivity index (χ1n) is 9.98. The van der Waals surface area contributed by atoms with Crippen LogP contribution in [0.5, 0.6) is 5.88 Å². The summed E-state index contributed by atoms with van der Waals surface area (Å²) < 4.78 is 2.55. The van der Waals surface area contributed by atoms with Gasteiger partial charge in [-0.15, -0.1) is 0 Å². The summed E-state index contributed by atoms with van der Waals surface area (Å²) in [6.45, 7) is 3.46. The van der Waals surface area contributed by atoms with Crippen LogP contribution in [-0.4, -0.2) is 24.3 Å². The van der Waals surface area contributed by atoms with Crippen LogP contribution < -0.4 is 16.3 Å². The Kier molecular flexibility index (Phi) is 4.58. The first-order chi connectivity index (χ1) is 15.8. The van der Waals surface area contributed by atoms with Crippen LogP contribution in [-0.2, 0) is 0 Å². The molecule has 9 heteroatoms. The number of pyridine rings is 1. The zero-order valence-electron chi connectivity index (χ0n) is 17.5. The molecule has 0 bridgehead atoms. The molecule has 162 valence electrons. The number of halogens is 1. The Bertz CT molecular complexity index is 1820. The van der Waals surface area contributed by atoms with Crippen LogP contribution in [0.3, 0.4) is 0 Å². The molecule has 33 heavy (non-hydrogen) atoms. The van der Waals surface area contributed by atoms with Gasteiger partial charge in [-0.05, 0) is 55.3 Å². The molecule has 0 unspecified atom stereocenters. The number of nitrogens with one attached hydrogen (secondary N) is 1. The molecule has 0 saturated heterocycles. The lowest BCUT2D eigenvalue weighted by atomic mass is 10.1. The number of fused-ring (bicyclic) bond motifs is 3. The molecule has 3 aromatic heterocycles. The maximum absolute atomic E-state index is 13.4. The fraction of sp³-hybridized carbons (Fsp3) is 0.0833. The number of H-pyrrole nitrogens is 1. The van der Waals surface area contributed by atoms with Gasteiger partial charge in [0.05, 0.1) is 22.3 Å². The van der Waals surface area contributed by atoms with Gasteiger partial charge >= 0.3 is 0 Å². The van der Waals surface area contributed by atoms with Gasteiger partial charge in [-0.1, -0.05) is 29.8 Å². The smallest absolute Gasteiger partial charge is 0.275 e. The molecule has 0 radical (unpaired) electrons. The number of para-hydroxylation sites is 2. The van der Waals surface area contributed by atoms with Crippen LogP contribution in [0.4, 0.5) is 0 Å². The van der Waals surface area contributed by atoms with Crippen molar-refractivity contribution in [2.24, 2.45) is 0 Å². The lowest BCUT2D eigenvalue weighted by Crippen LogP contribution is -2.34. The van der Waals surface area contributed by atoms with Gasteiger partial charge in [-0.2, -0.15) is 5.26 Å². The average molecular weight is 458 g/mol. The third-order valence-electron chi connectivity index (χ3n) is 5.72. The van der Waals surface area contributed by atoms with Gasteiger partial charge in [-0.25, -0.2) is 9.67 Å². The van der Waals surface area contributed by atoms with Crippen molar-refractivity contribution in [2.75, 3.05) is 0 Å². The number of imidazole rings is 1. The van der Waals surface area contributed by atoms with Gasteiger partial charge in [0, 0.05) is 10.2 Å². The Hall–Kier alpha value is -4.35. The minimum absolute atomic E-state index is 0.112. The molecule has 0 amide bonds. The number of nitriles is 1. The summed E-state index contributed by atoms with van der Waals surface area (Å²) in [7, 11) is 0. The summed E-state index contributed by atoms with van der Waals surface area (Å²) in [4.78, 5) is 30.6. The van der Waals surface area contributed by atoms with Crippen LogP contribution >= 0.6 is 11.6 Å². The summed E-state index contributed by atoms with van der Waals surface area (Å²) in [6, 6.07) is 14.2. The third kappa shape index (κ3) is 3.02. The predicted octanol–water partition coefficient (Wildman–Crippen LogP) is 2.72. The van der Waals surface area contributed by atoms with E-state index < -0.39 is 11.1 Å². The van der Waals surface area contributed by atoms with Gasteiger partial charge in [0.25, 0.3) is 11.1 Å². The van der Waals surface area contributed by atoms with Gasteiger partial charge in [0.15, 0.2) is 5.65 Å². The second kappa shape index (κ2) is 7.36. The highest BCUT2D eigenvalue weighted by Gasteiger charge is 2.19. The van der Waals surface area contributed by atoms with Crippen molar-refractivity contribution < 1.29 is 5.11 Å². The number of rotatable bonds is 2. The Morgan fingerprint density at radius 3 is 2.67 bits per heavy atom. The number of nitrogens with zero attached hydrogens (tertiary/aromatic N) is 4. The Morgan fingerprint density at radius 1 is 1.18 bits per heavy atom. The van der Waals surface area contributed by atoms with E-state index in [2.05, 4.69) is 16.2 Å². The van der Waals surface area contributed by atoms with E-state index >= 15 is 0 Å². The number of aryl methyl sites for hydroxylation is 1. The monoisotopic (exact) mass is 457 g/mol. The van der Waals surface area contributed by atoms with Crippen LogP contribution in [0.15, 0.2) is 52.1 Å². The highest BCUT2D eigenvalue weighted by atomic mass is 35.5. The zero-order chi connectivity index (χ0) is 23.4. The van der Waals surface area contributed by atoms with E-state index in [0.717, 1.165) is 5.56 Å². The lowest BCUT2D eigenvalue weighted by molar-refractivity contribution is 0.432. The van der Waals surface area contributed by atoms with Gasteiger partial charge < -0.3 is 5.11 Å². The molecule has 2 N–H and O–H groups in total. The van der Waals surface area contributed by atoms with Crippen LogP contribution in [0.2, 0.25) is 5.02 Å². The maximum atomic E-state index is 13.4. The second-order valence-electron chi connectivity index (χ2n) is 7.68. The van der Waals surface area contributed by atoms with Crippen molar-refractivity contribution in [1.82, 2.24) is 19.2 Å². The third-order valence-corrected chi connectivity index (χ3v) is 6.13. The molecular weight excluding hydrogens is 442 g/mol. The fourth-order valence-corrected chi connectivity index (χ4v) is 4.08. The Morgan fingerprint density at radius 2 is 1.94 bits per heavy atom. The molecule has 0 aliphatic rings. The van der Waals surface area contributed by atoms with E-state index in [9.17, 15) is 20.0 Å². The Balaban J connectivity index is 1.84. The minimum atomic E-state index is -0.600. The molecular formula is C24H16ClN5O3. The first kappa shape index (κ1) is 20.5. The van der Waals surface area contributed by atoms with E-state index in [1.807, 2.05) is 6.92 Å². The SMILES string of the molecule is Cc1ccc(-n2[nH]c(=O)c(/C=c3\c(C)c(C#N)c4nc5ccccc5n4c3=O)c2O)cc1Cl. The minimum Gasteiger partial charge on any atom is -0.493 e. The van der Waals surface area contributed by atoms with Crippen molar-refractivity contribution in [3.8, 4) is 17.6 Å². The van der Waals surface area contributed by atoms with Crippen molar-refractivity contribution in [3.63, 3.8) is 0 Å². The largest absolute Gasteiger partial charge is 0.493 e.